The van der Waals surface area contributed by atoms with Gasteiger partial charge in [-0.25, -0.2) is 8.42 Å². The van der Waals surface area contributed by atoms with Crippen LogP contribution >= 0.6 is 12.4 Å². The molecule has 1 aromatic rings. The zero-order valence-electron chi connectivity index (χ0n) is 12.7. The number of carbonyl (C=O) groups is 1. The number of nitrogens with zero attached hydrogens (tertiary/aromatic N) is 1. The number of sulfonamides is 1. The van der Waals surface area contributed by atoms with Gasteiger partial charge in [0.2, 0.25) is 15.9 Å². The second-order valence-corrected chi connectivity index (χ2v) is 7.35. The minimum absolute atomic E-state index is 0. The average Bonchev–Trinajstić information content (AvgIpc) is 2.88. The number of nitrogens with two attached hydrogens (primary N) is 1. The Kier molecular flexibility index (Phi) is 6.37. The van der Waals surface area contributed by atoms with Gasteiger partial charge in [0.25, 0.3) is 0 Å². The fraction of sp³-hybridized carbons (Fsp3) is 0.500. The number of nitrogens with one attached hydrogen (secondary N) is 1. The number of hydrogen-bond donors (Lipinski definition) is 2. The van der Waals surface area contributed by atoms with E-state index in [-0.39, 0.29) is 22.9 Å². The van der Waals surface area contributed by atoms with Crippen molar-refractivity contribution in [2.24, 2.45) is 11.7 Å². The molecule has 0 saturated carbocycles. The van der Waals surface area contributed by atoms with E-state index in [0.29, 0.717) is 24.6 Å². The molecule has 0 spiro atoms. The van der Waals surface area contributed by atoms with Crippen molar-refractivity contribution in [1.82, 2.24) is 9.62 Å². The predicted octanol–water partition coefficient (Wildman–Crippen LogP) is 0.746. The van der Waals surface area contributed by atoms with Gasteiger partial charge in [-0.3, -0.25) is 4.79 Å². The number of halogens is 1. The van der Waals surface area contributed by atoms with Crippen LogP contribution < -0.4 is 11.1 Å². The van der Waals surface area contributed by atoms with E-state index in [2.05, 4.69) is 5.32 Å². The van der Waals surface area contributed by atoms with Gasteiger partial charge in [0, 0.05) is 18.7 Å². The second-order valence-electron chi connectivity index (χ2n) is 5.42. The quantitative estimate of drug-likeness (QED) is 0.821. The molecule has 2 rings (SSSR count). The maximum absolute atomic E-state index is 12.6. The smallest absolute Gasteiger partial charge is 0.249 e. The molecule has 1 unspecified atom stereocenters. The third kappa shape index (κ3) is 3.78. The molecule has 22 heavy (non-hydrogen) atoms. The third-order valence-electron chi connectivity index (χ3n) is 3.85. The minimum atomic E-state index is -3.56. The van der Waals surface area contributed by atoms with Gasteiger partial charge >= 0.3 is 0 Å². The van der Waals surface area contributed by atoms with Crippen LogP contribution in [-0.2, 0) is 10.0 Å². The van der Waals surface area contributed by atoms with E-state index in [1.165, 1.54) is 16.4 Å². The Morgan fingerprint density at radius 3 is 2.73 bits per heavy atom. The summed E-state index contributed by atoms with van der Waals surface area (Å²) in [5.74, 6) is -0.287. The maximum Gasteiger partial charge on any atom is 0.249 e. The van der Waals surface area contributed by atoms with E-state index in [1.54, 1.807) is 13.0 Å². The van der Waals surface area contributed by atoms with Crippen LogP contribution in [0.4, 0.5) is 0 Å². The number of carbonyl (C=O) groups excluding carboxylic acids is 1. The van der Waals surface area contributed by atoms with Crippen LogP contribution in [0.15, 0.2) is 23.1 Å². The van der Waals surface area contributed by atoms with E-state index < -0.39 is 15.9 Å². The highest BCUT2D eigenvalue weighted by Gasteiger charge is 2.32. The molecule has 0 aromatic heterocycles. The standard InChI is InChI=1S/C14H21N3O3S.ClH/c1-10-3-4-12(7-13(10)14(15)18)21(19,20)17-6-5-11(9-17)8-16-2;/h3-4,7,11,16H,5-6,8-9H2,1-2H3,(H2,15,18);1H. The molecule has 1 aliphatic rings. The molecule has 1 atom stereocenters. The minimum Gasteiger partial charge on any atom is -0.366 e. The molecule has 1 fully saturated rings. The lowest BCUT2D eigenvalue weighted by Crippen LogP contribution is -2.30. The molecule has 124 valence electrons. The summed E-state index contributed by atoms with van der Waals surface area (Å²) < 4.78 is 26.7. The number of benzene rings is 1. The Bertz CT molecular complexity index is 649. The molecule has 0 radical (unpaired) electrons. The van der Waals surface area contributed by atoms with Crippen molar-refractivity contribution in [3.05, 3.63) is 29.3 Å². The summed E-state index contributed by atoms with van der Waals surface area (Å²) in [6.45, 7) is 3.54. The topological polar surface area (TPSA) is 92.5 Å². The van der Waals surface area contributed by atoms with Gasteiger partial charge in [-0.1, -0.05) is 6.07 Å². The number of aryl methyl sites for hydroxylation is 1. The van der Waals surface area contributed by atoms with Gasteiger partial charge in [-0.2, -0.15) is 4.31 Å². The molecule has 1 heterocycles. The SMILES string of the molecule is CNCC1CCN(S(=O)(=O)c2ccc(C)c(C(N)=O)c2)C1.Cl. The largest absolute Gasteiger partial charge is 0.366 e. The highest BCUT2D eigenvalue weighted by Crippen LogP contribution is 2.25. The van der Waals surface area contributed by atoms with Crippen molar-refractivity contribution in [3.8, 4) is 0 Å². The summed E-state index contributed by atoms with van der Waals surface area (Å²) >= 11 is 0. The zero-order chi connectivity index (χ0) is 15.6. The molecule has 8 heteroatoms. The molecule has 6 nitrogen and oxygen atoms in total. The first kappa shape index (κ1) is 18.9. The van der Waals surface area contributed by atoms with Crippen LogP contribution in [0.1, 0.15) is 22.3 Å². The van der Waals surface area contributed by atoms with E-state index in [9.17, 15) is 13.2 Å². The summed E-state index contributed by atoms with van der Waals surface area (Å²) in [6.07, 6.45) is 0.842. The van der Waals surface area contributed by atoms with Crippen molar-refractivity contribution in [1.29, 1.82) is 0 Å². The van der Waals surface area contributed by atoms with Crippen LogP contribution in [0.25, 0.3) is 0 Å². The summed E-state index contributed by atoms with van der Waals surface area (Å²) in [5.41, 5.74) is 6.21. The first-order valence-electron chi connectivity index (χ1n) is 6.91. The Morgan fingerprint density at radius 2 is 2.14 bits per heavy atom. The summed E-state index contributed by atoms with van der Waals surface area (Å²) in [6, 6.07) is 4.52. The number of primary amides is 1. The van der Waals surface area contributed by atoms with Gasteiger partial charge in [-0.05, 0) is 50.6 Å². The van der Waals surface area contributed by atoms with E-state index >= 15 is 0 Å². The number of hydrogen-bond acceptors (Lipinski definition) is 4. The monoisotopic (exact) mass is 347 g/mol. The van der Waals surface area contributed by atoms with Crippen LogP contribution in [-0.4, -0.2) is 45.3 Å². The van der Waals surface area contributed by atoms with Crippen LogP contribution in [0.3, 0.4) is 0 Å². The van der Waals surface area contributed by atoms with Crippen molar-refractivity contribution < 1.29 is 13.2 Å². The first-order valence-corrected chi connectivity index (χ1v) is 8.35. The molecule has 3 N–H and O–H groups in total. The summed E-state index contributed by atoms with van der Waals surface area (Å²) in [5, 5.41) is 3.07. The Morgan fingerprint density at radius 1 is 1.45 bits per heavy atom. The van der Waals surface area contributed by atoms with Gasteiger partial charge in [0.05, 0.1) is 4.90 Å². The Balaban J connectivity index is 0.00000242. The second kappa shape index (κ2) is 7.41. The van der Waals surface area contributed by atoms with E-state index in [1.807, 2.05) is 7.05 Å². The molecule has 1 saturated heterocycles. The summed E-state index contributed by atoms with van der Waals surface area (Å²) in [7, 11) is -1.71. The lowest BCUT2D eigenvalue weighted by Gasteiger charge is -2.17. The number of amides is 1. The highest BCUT2D eigenvalue weighted by atomic mass is 35.5. The van der Waals surface area contributed by atoms with Gasteiger partial charge in [0.1, 0.15) is 0 Å². The van der Waals surface area contributed by atoms with Gasteiger partial charge in [-0.15, -0.1) is 12.4 Å². The molecule has 1 aromatic carbocycles. The molecule has 1 amide bonds. The maximum atomic E-state index is 12.6. The lowest BCUT2D eigenvalue weighted by molar-refractivity contribution is 0.0999. The predicted molar refractivity (Wildman–Crippen MR) is 87.7 cm³/mol. The zero-order valence-corrected chi connectivity index (χ0v) is 14.3. The van der Waals surface area contributed by atoms with Gasteiger partial charge < -0.3 is 11.1 Å². The fourth-order valence-electron chi connectivity index (χ4n) is 2.65. The van der Waals surface area contributed by atoms with Crippen molar-refractivity contribution in [2.75, 3.05) is 26.7 Å². The highest BCUT2D eigenvalue weighted by molar-refractivity contribution is 7.89. The fourth-order valence-corrected chi connectivity index (χ4v) is 4.20. The Hall–Kier alpha value is -1.15. The van der Waals surface area contributed by atoms with Crippen molar-refractivity contribution in [2.45, 2.75) is 18.2 Å². The molecule has 0 aliphatic carbocycles. The van der Waals surface area contributed by atoms with E-state index in [4.69, 9.17) is 5.73 Å². The van der Waals surface area contributed by atoms with Crippen molar-refractivity contribution >= 4 is 28.3 Å². The summed E-state index contributed by atoms with van der Waals surface area (Å²) in [4.78, 5) is 11.5. The molecule has 1 aliphatic heterocycles. The van der Waals surface area contributed by atoms with Crippen LogP contribution in [0.2, 0.25) is 0 Å². The normalized spacial score (nSPS) is 18.9. The average molecular weight is 348 g/mol. The lowest BCUT2D eigenvalue weighted by atomic mass is 10.1. The van der Waals surface area contributed by atoms with Crippen LogP contribution in [0, 0.1) is 12.8 Å². The van der Waals surface area contributed by atoms with Crippen LogP contribution in [0.5, 0.6) is 0 Å². The van der Waals surface area contributed by atoms with Crippen molar-refractivity contribution in [3.63, 3.8) is 0 Å². The van der Waals surface area contributed by atoms with E-state index in [0.717, 1.165) is 13.0 Å². The molecule has 0 bridgehead atoms. The number of rotatable bonds is 5. The Labute approximate surface area is 137 Å². The molecular weight excluding hydrogens is 326 g/mol. The molecular formula is C14H22ClN3O3S. The van der Waals surface area contributed by atoms with Gasteiger partial charge in [0.15, 0.2) is 0 Å². The first-order chi connectivity index (χ1) is 9.86. The third-order valence-corrected chi connectivity index (χ3v) is 5.71.